The average Bonchev–Trinajstić information content (AvgIpc) is 2.30. The summed E-state index contributed by atoms with van der Waals surface area (Å²) in [4.78, 5) is 14.5. The van der Waals surface area contributed by atoms with E-state index in [1.165, 1.54) is 0 Å². The van der Waals surface area contributed by atoms with Crippen molar-refractivity contribution in [2.75, 3.05) is 13.1 Å². The lowest BCUT2D eigenvalue weighted by molar-refractivity contribution is -0.144. The van der Waals surface area contributed by atoms with Gasteiger partial charge in [0.05, 0.1) is 6.10 Å². The monoisotopic (exact) mass is 241 g/mol. The topological polar surface area (TPSA) is 40.5 Å². The van der Waals surface area contributed by atoms with Crippen molar-refractivity contribution in [2.45, 2.75) is 65.4 Å². The quantitative estimate of drug-likeness (QED) is 0.803. The maximum atomic E-state index is 12.6. The number of amides is 1. The molecule has 0 aliphatic carbocycles. The van der Waals surface area contributed by atoms with Gasteiger partial charge in [-0.05, 0) is 25.7 Å². The summed E-state index contributed by atoms with van der Waals surface area (Å²) in [6.07, 6.45) is 5.32. The predicted octanol–water partition coefficient (Wildman–Crippen LogP) is 2.58. The number of aliphatic hydroxyl groups is 1. The molecule has 1 heterocycles. The largest absolute Gasteiger partial charge is 0.393 e. The zero-order chi connectivity index (χ0) is 12.9. The fourth-order valence-electron chi connectivity index (χ4n) is 2.89. The Bertz CT molecular complexity index is 239. The van der Waals surface area contributed by atoms with Gasteiger partial charge >= 0.3 is 0 Å². The van der Waals surface area contributed by atoms with Gasteiger partial charge in [0.25, 0.3) is 0 Å². The van der Waals surface area contributed by atoms with Crippen molar-refractivity contribution >= 4 is 5.91 Å². The van der Waals surface area contributed by atoms with Crippen LogP contribution in [0.2, 0.25) is 0 Å². The Hall–Kier alpha value is -0.570. The van der Waals surface area contributed by atoms with Crippen LogP contribution >= 0.6 is 0 Å². The van der Waals surface area contributed by atoms with Gasteiger partial charge in [-0.2, -0.15) is 0 Å². The molecule has 1 aliphatic rings. The zero-order valence-electron chi connectivity index (χ0n) is 11.5. The van der Waals surface area contributed by atoms with Gasteiger partial charge in [0.2, 0.25) is 5.91 Å². The molecule has 1 rings (SSSR count). The van der Waals surface area contributed by atoms with E-state index in [1.54, 1.807) is 0 Å². The normalized spacial score (nSPS) is 18.5. The number of rotatable bonds is 5. The Kier molecular flexibility index (Phi) is 5.44. The van der Waals surface area contributed by atoms with E-state index in [1.807, 2.05) is 4.90 Å². The van der Waals surface area contributed by atoms with Crippen LogP contribution in [0.3, 0.4) is 0 Å². The maximum absolute atomic E-state index is 12.6. The van der Waals surface area contributed by atoms with Crippen molar-refractivity contribution in [3.63, 3.8) is 0 Å². The average molecular weight is 241 g/mol. The molecule has 1 amide bonds. The van der Waals surface area contributed by atoms with Crippen LogP contribution in [0.25, 0.3) is 0 Å². The van der Waals surface area contributed by atoms with Gasteiger partial charge in [-0.1, -0.05) is 33.6 Å². The van der Waals surface area contributed by atoms with Crippen LogP contribution in [-0.2, 0) is 4.79 Å². The lowest BCUT2D eigenvalue weighted by Gasteiger charge is -2.37. The standard InChI is InChI=1S/C14H27NO2/c1-4-8-14(3,9-5-2)13(17)15-10-6-12(16)7-11-15/h12,16H,4-11H2,1-3H3. The Labute approximate surface area is 105 Å². The molecule has 1 fully saturated rings. The minimum Gasteiger partial charge on any atom is -0.393 e. The SMILES string of the molecule is CCCC(C)(CCC)C(=O)N1CCC(O)CC1. The molecule has 0 spiro atoms. The van der Waals surface area contributed by atoms with Crippen LogP contribution in [0.4, 0.5) is 0 Å². The van der Waals surface area contributed by atoms with Crippen LogP contribution in [0, 0.1) is 5.41 Å². The van der Waals surface area contributed by atoms with Crippen LogP contribution in [0.15, 0.2) is 0 Å². The summed E-state index contributed by atoms with van der Waals surface area (Å²) in [6.45, 7) is 7.84. The molecular weight excluding hydrogens is 214 g/mol. The van der Waals surface area contributed by atoms with Crippen molar-refractivity contribution in [1.82, 2.24) is 4.90 Å². The Morgan fingerprint density at radius 1 is 1.24 bits per heavy atom. The summed E-state index contributed by atoms with van der Waals surface area (Å²) in [5.41, 5.74) is -0.189. The summed E-state index contributed by atoms with van der Waals surface area (Å²) in [5, 5.41) is 9.48. The zero-order valence-corrected chi connectivity index (χ0v) is 11.5. The van der Waals surface area contributed by atoms with Gasteiger partial charge < -0.3 is 10.0 Å². The van der Waals surface area contributed by atoms with E-state index in [0.29, 0.717) is 5.91 Å². The van der Waals surface area contributed by atoms with Gasteiger partial charge in [0, 0.05) is 18.5 Å². The van der Waals surface area contributed by atoms with Crippen molar-refractivity contribution in [3.05, 3.63) is 0 Å². The Morgan fingerprint density at radius 3 is 2.12 bits per heavy atom. The lowest BCUT2D eigenvalue weighted by atomic mass is 9.79. The Morgan fingerprint density at radius 2 is 1.71 bits per heavy atom. The molecule has 1 N–H and O–H groups in total. The highest BCUT2D eigenvalue weighted by atomic mass is 16.3. The number of aliphatic hydroxyl groups excluding tert-OH is 1. The van der Waals surface area contributed by atoms with E-state index < -0.39 is 0 Å². The molecule has 3 nitrogen and oxygen atoms in total. The van der Waals surface area contributed by atoms with E-state index in [2.05, 4.69) is 20.8 Å². The third-order valence-electron chi connectivity index (χ3n) is 3.87. The summed E-state index contributed by atoms with van der Waals surface area (Å²) in [7, 11) is 0. The highest BCUT2D eigenvalue weighted by Gasteiger charge is 2.36. The van der Waals surface area contributed by atoms with E-state index in [4.69, 9.17) is 0 Å². The summed E-state index contributed by atoms with van der Waals surface area (Å²) in [6, 6.07) is 0. The minimum atomic E-state index is -0.206. The molecule has 3 heteroatoms. The first-order valence-corrected chi connectivity index (χ1v) is 7.01. The molecular formula is C14H27NO2. The van der Waals surface area contributed by atoms with Crippen molar-refractivity contribution in [3.8, 4) is 0 Å². The highest BCUT2D eigenvalue weighted by Crippen LogP contribution is 2.32. The second kappa shape index (κ2) is 6.39. The molecule has 0 unspecified atom stereocenters. The van der Waals surface area contributed by atoms with Gasteiger partial charge in [-0.3, -0.25) is 4.79 Å². The van der Waals surface area contributed by atoms with Gasteiger partial charge in [0.15, 0.2) is 0 Å². The summed E-state index contributed by atoms with van der Waals surface area (Å²) >= 11 is 0. The molecule has 0 aromatic carbocycles. The molecule has 0 radical (unpaired) electrons. The predicted molar refractivity (Wildman–Crippen MR) is 69.7 cm³/mol. The van der Waals surface area contributed by atoms with E-state index >= 15 is 0 Å². The fraction of sp³-hybridized carbons (Fsp3) is 0.929. The van der Waals surface area contributed by atoms with E-state index in [0.717, 1.165) is 51.6 Å². The molecule has 0 saturated carbocycles. The van der Waals surface area contributed by atoms with E-state index in [9.17, 15) is 9.90 Å². The first-order valence-electron chi connectivity index (χ1n) is 7.01. The van der Waals surface area contributed by atoms with Crippen LogP contribution in [0.1, 0.15) is 59.3 Å². The molecule has 0 aromatic heterocycles. The van der Waals surface area contributed by atoms with Gasteiger partial charge in [0.1, 0.15) is 0 Å². The molecule has 17 heavy (non-hydrogen) atoms. The second-order valence-corrected chi connectivity index (χ2v) is 5.58. The van der Waals surface area contributed by atoms with Crippen molar-refractivity contribution < 1.29 is 9.90 Å². The third kappa shape index (κ3) is 3.70. The molecule has 0 aromatic rings. The first-order chi connectivity index (χ1) is 8.03. The number of nitrogens with zero attached hydrogens (tertiary/aromatic N) is 1. The Balaban J connectivity index is 2.64. The van der Waals surface area contributed by atoms with Crippen LogP contribution < -0.4 is 0 Å². The summed E-state index contributed by atoms with van der Waals surface area (Å²) < 4.78 is 0. The van der Waals surface area contributed by atoms with E-state index in [-0.39, 0.29) is 11.5 Å². The molecule has 0 atom stereocenters. The molecule has 0 bridgehead atoms. The first kappa shape index (κ1) is 14.5. The number of piperidine rings is 1. The van der Waals surface area contributed by atoms with Crippen molar-refractivity contribution in [1.29, 1.82) is 0 Å². The number of hydrogen-bond donors (Lipinski definition) is 1. The molecule has 1 saturated heterocycles. The second-order valence-electron chi connectivity index (χ2n) is 5.58. The fourth-order valence-corrected chi connectivity index (χ4v) is 2.89. The number of carbonyl (C=O) groups is 1. The third-order valence-corrected chi connectivity index (χ3v) is 3.87. The van der Waals surface area contributed by atoms with Crippen molar-refractivity contribution in [2.24, 2.45) is 5.41 Å². The number of likely N-dealkylation sites (tertiary alicyclic amines) is 1. The number of hydrogen-bond acceptors (Lipinski definition) is 2. The minimum absolute atomic E-state index is 0.189. The summed E-state index contributed by atoms with van der Waals surface area (Å²) in [5.74, 6) is 0.299. The van der Waals surface area contributed by atoms with Gasteiger partial charge in [-0.25, -0.2) is 0 Å². The maximum Gasteiger partial charge on any atom is 0.228 e. The lowest BCUT2D eigenvalue weighted by Crippen LogP contribution is -2.47. The van der Waals surface area contributed by atoms with Crippen LogP contribution in [0.5, 0.6) is 0 Å². The van der Waals surface area contributed by atoms with Crippen LogP contribution in [-0.4, -0.2) is 35.1 Å². The highest BCUT2D eigenvalue weighted by molar-refractivity contribution is 5.82. The molecule has 1 aliphatic heterocycles. The number of carbonyl (C=O) groups excluding carboxylic acids is 1. The van der Waals surface area contributed by atoms with Gasteiger partial charge in [-0.15, -0.1) is 0 Å². The smallest absolute Gasteiger partial charge is 0.228 e. The molecule has 100 valence electrons.